The predicted octanol–water partition coefficient (Wildman–Crippen LogP) is 1.67. The van der Waals surface area contributed by atoms with Crippen LogP contribution in [-0.2, 0) is 9.59 Å². The average Bonchev–Trinajstić information content (AvgIpc) is 2.75. The van der Waals surface area contributed by atoms with Gasteiger partial charge in [0.1, 0.15) is 5.25 Å². The minimum atomic E-state index is -0.430. The number of piperidine rings is 1. The van der Waals surface area contributed by atoms with Crippen molar-refractivity contribution in [3.8, 4) is 0 Å². The summed E-state index contributed by atoms with van der Waals surface area (Å²) in [6, 6.07) is 0.307. The van der Waals surface area contributed by atoms with Crippen LogP contribution in [0.15, 0.2) is 4.99 Å². The standard InChI is InChI=1S/C17H27N3O3S/c21-13-8-5-9-20(11-13)15(22)10-14-16(23)19-17(24-14)18-12-6-3-1-2-4-7-12/h12-14,21H,1-11H2,(H,18,19,23). The molecule has 0 spiro atoms. The Kier molecular flexibility index (Phi) is 6.16. The van der Waals surface area contributed by atoms with Gasteiger partial charge in [-0.05, 0) is 25.7 Å². The fourth-order valence-corrected chi connectivity index (χ4v) is 4.65. The van der Waals surface area contributed by atoms with Crippen LogP contribution >= 0.6 is 11.8 Å². The molecule has 2 amide bonds. The number of aliphatic hydroxyl groups is 1. The molecule has 7 heteroatoms. The fraction of sp³-hybridized carbons (Fsp3) is 0.824. The first-order valence-corrected chi connectivity index (χ1v) is 10.0. The monoisotopic (exact) mass is 353 g/mol. The van der Waals surface area contributed by atoms with Crippen molar-refractivity contribution >= 4 is 28.7 Å². The molecule has 0 radical (unpaired) electrons. The molecule has 2 N–H and O–H groups in total. The van der Waals surface area contributed by atoms with E-state index in [9.17, 15) is 14.7 Å². The van der Waals surface area contributed by atoms with Crippen molar-refractivity contribution in [1.82, 2.24) is 10.2 Å². The van der Waals surface area contributed by atoms with Crippen LogP contribution in [0.1, 0.15) is 57.8 Å². The Hall–Kier alpha value is -1.08. The Morgan fingerprint density at radius 3 is 2.67 bits per heavy atom. The summed E-state index contributed by atoms with van der Waals surface area (Å²) < 4.78 is 0. The Bertz CT molecular complexity index is 503. The molecule has 2 atom stereocenters. The Morgan fingerprint density at radius 1 is 1.21 bits per heavy atom. The van der Waals surface area contributed by atoms with Gasteiger partial charge < -0.3 is 15.3 Å². The summed E-state index contributed by atoms with van der Waals surface area (Å²) in [6.45, 7) is 1.07. The second-order valence-corrected chi connectivity index (χ2v) is 8.21. The van der Waals surface area contributed by atoms with E-state index < -0.39 is 6.10 Å². The summed E-state index contributed by atoms with van der Waals surface area (Å²) in [5.74, 6) is -0.157. The molecule has 3 aliphatic rings. The molecule has 1 saturated carbocycles. The third kappa shape index (κ3) is 4.72. The highest BCUT2D eigenvalue weighted by atomic mass is 32.2. The zero-order valence-electron chi connectivity index (χ0n) is 14.1. The number of carbonyl (C=O) groups excluding carboxylic acids is 2. The lowest BCUT2D eigenvalue weighted by atomic mass is 10.1. The molecule has 0 aromatic heterocycles. The molecule has 2 heterocycles. The molecule has 24 heavy (non-hydrogen) atoms. The Labute approximate surface area is 147 Å². The van der Waals surface area contributed by atoms with Gasteiger partial charge in [0.15, 0.2) is 5.17 Å². The third-order valence-electron chi connectivity index (χ3n) is 5.01. The minimum absolute atomic E-state index is 0.0443. The third-order valence-corrected chi connectivity index (χ3v) is 6.11. The minimum Gasteiger partial charge on any atom is -0.391 e. The molecule has 0 aromatic rings. The maximum atomic E-state index is 12.4. The molecule has 2 aliphatic heterocycles. The van der Waals surface area contributed by atoms with Crippen molar-refractivity contribution in [3.05, 3.63) is 0 Å². The van der Waals surface area contributed by atoms with Crippen molar-refractivity contribution in [1.29, 1.82) is 0 Å². The Morgan fingerprint density at radius 2 is 1.96 bits per heavy atom. The van der Waals surface area contributed by atoms with E-state index in [1.807, 2.05) is 0 Å². The van der Waals surface area contributed by atoms with Crippen LogP contribution in [0.25, 0.3) is 0 Å². The van der Waals surface area contributed by atoms with Crippen LogP contribution < -0.4 is 5.32 Å². The average molecular weight is 353 g/mol. The zero-order chi connectivity index (χ0) is 16.9. The second-order valence-electron chi connectivity index (χ2n) is 7.02. The van der Waals surface area contributed by atoms with Crippen LogP contribution in [0, 0.1) is 0 Å². The van der Waals surface area contributed by atoms with Crippen molar-refractivity contribution in [3.63, 3.8) is 0 Å². The van der Waals surface area contributed by atoms with Crippen molar-refractivity contribution in [2.24, 2.45) is 4.99 Å². The van der Waals surface area contributed by atoms with Gasteiger partial charge in [-0.2, -0.15) is 0 Å². The maximum absolute atomic E-state index is 12.4. The molecular weight excluding hydrogens is 326 g/mol. The van der Waals surface area contributed by atoms with Gasteiger partial charge in [0.05, 0.1) is 12.1 Å². The number of thioether (sulfide) groups is 1. The van der Waals surface area contributed by atoms with Crippen molar-refractivity contribution in [2.45, 2.75) is 75.2 Å². The number of aliphatic hydroxyl groups excluding tert-OH is 1. The predicted molar refractivity (Wildman–Crippen MR) is 94.9 cm³/mol. The van der Waals surface area contributed by atoms with E-state index in [4.69, 9.17) is 4.99 Å². The molecule has 1 aliphatic carbocycles. The largest absolute Gasteiger partial charge is 0.391 e. The number of hydrogen-bond donors (Lipinski definition) is 2. The highest BCUT2D eigenvalue weighted by Gasteiger charge is 2.34. The number of nitrogens with one attached hydrogen (secondary N) is 1. The Balaban J connectivity index is 1.53. The highest BCUT2D eigenvalue weighted by Crippen LogP contribution is 2.27. The number of hydrogen-bond acceptors (Lipinski definition) is 5. The lowest BCUT2D eigenvalue weighted by molar-refractivity contribution is -0.135. The number of nitrogens with zero attached hydrogens (tertiary/aromatic N) is 2. The van der Waals surface area contributed by atoms with Crippen LogP contribution in [-0.4, -0.2) is 57.5 Å². The maximum Gasteiger partial charge on any atom is 0.240 e. The SMILES string of the molecule is O=C1NC(=NC2CCCCCC2)SC1CC(=O)N1CCCC(O)C1. The molecular formula is C17H27N3O3S. The van der Waals surface area contributed by atoms with Gasteiger partial charge in [-0.1, -0.05) is 37.4 Å². The first-order chi connectivity index (χ1) is 11.6. The van der Waals surface area contributed by atoms with Gasteiger partial charge >= 0.3 is 0 Å². The fourth-order valence-electron chi connectivity index (χ4n) is 3.62. The van der Waals surface area contributed by atoms with E-state index in [1.54, 1.807) is 4.90 Å². The molecule has 0 aromatic carbocycles. The summed E-state index contributed by atoms with van der Waals surface area (Å²) in [5.41, 5.74) is 0. The number of rotatable bonds is 3. The molecule has 3 rings (SSSR count). The van der Waals surface area contributed by atoms with Gasteiger partial charge in [0, 0.05) is 19.5 Å². The molecule has 134 valence electrons. The number of amidine groups is 1. The summed E-state index contributed by atoms with van der Waals surface area (Å²) in [7, 11) is 0. The number of carbonyl (C=O) groups is 2. The second kappa shape index (κ2) is 8.34. The topological polar surface area (TPSA) is 82.0 Å². The van der Waals surface area contributed by atoms with Gasteiger partial charge in [-0.15, -0.1) is 0 Å². The van der Waals surface area contributed by atoms with Crippen LogP contribution in [0.4, 0.5) is 0 Å². The molecule has 6 nitrogen and oxygen atoms in total. The van der Waals surface area contributed by atoms with Gasteiger partial charge in [-0.3, -0.25) is 14.6 Å². The number of likely N-dealkylation sites (tertiary alicyclic amines) is 1. The lowest BCUT2D eigenvalue weighted by Gasteiger charge is -2.30. The van der Waals surface area contributed by atoms with E-state index in [0.29, 0.717) is 24.3 Å². The van der Waals surface area contributed by atoms with Gasteiger partial charge in [0.25, 0.3) is 0 Å². The van der Waals surface area contributed by atoms with E-state index in [1.165, 1.54) is 37.4 Å². The molecule has 3 fully saturated rings. The van der Waals surface area contributed by atoms with E-state index in [-0.39, 0.29) is 23.5 Å². The molecule has 2 saturated heterocycles. The van der Waals surface area contributed by atoms with Crippen molar-refractivity contribution < 1.29 is 14.7 Å². The van der Waals surface area contributed by atoms with E-state index >= 15 is 0 Å². The highest BCUT2D eigenvalue weighted by molar-refractivity contribution is 8.15. The van der Waals surface area contributed by atoms with Crippen LogP contribution in [0.5, 0.6) is 0 Å². The first-order valence-electron chi connectivity index (χ1n) is 9.13. The first kappa shape index (κ1) is 17.7. The summed E-state index contributed by atoms with van der Waals surface area (Å²) in [4.78, 5) is 30.9. The quantitative estimate of drug-likeness (QED) is 0.756. The number of aliphatic imine (C=N–C) groups is 1. The van der Waals surface area contributed by atoms with E-state index in [2.05, 4.69) is 5.32 Å². The number of β-amino-alcohol motifs (C(OH)–C–C–N with tert-alkyl or cyclic N) is 1. The molecule has 2 unspecified atom stereocenters. The zero-order valence-corrected chi connectivity index (χ0v) is 14.9. The summed E-state index contributed by atoms with van der Waals surface area (Å²) in [6.07, 6.45) is 8.49. The number of amides is 2. The summed E-state index contributed by atoms with van der Waals surface area (Å²) in [5, 5.41) is 12.8. The van der Waals surface area contributed by atoms with Crippen LogP contribution in [0.3, 0.4) is 0 Å². The summed E-state index contributed by atoms with van der Waals surface area (Å²) >= 11 is 1.39. The van der Waals surface area contributed by atoms with Gasteiger partial charge in [0.2, 0.25) is 11.8 Å². The normalized spacial score (nSPS) is 31.1. The smallest absolute Gasteiger partial charge is 0.240 e. The lowest BCUT2D eigenvalue weighted by Crippen LogP contribution is -2.43. The van der Waals surface area contributed by atoms with Crippen LogP contribution in [0.2, 0.25) is 0 Å². The van der Waals surface area contributed by atoms with Gasteiger partial charge in [-0.25, -0.2) is 0 Å². The molecule has 0 bridgehead atoms. The van der Waals surface area contributed by atoms with Crippen molar-refractivity contribution in [2.75, 3.05) is 13.1 Å². The van der Waals surface area contributed by atoms with E-state index in [0.717, 1.165) is 25.7 Å².